The molecule has 3 amide bonds. The summed E-state index contributed by atoms with van der Waals surface area (Å²) in [6.07, 6.45) is 4.76. The standard InChI is InChI=1S/C19H22ClN3O3/c20-14-8-7-13(22-9-2-4-17(22)24)11-15(14)21-18(25)16-3-1-10-23(16)19(26)12-5-6-12/h7-8,11-12,16H,1-6,9-10H2,(H,21,25). The molecule has 1 unspecified atom stereocenters. The summed E-state index contributed by atoms with van der Waals surface area (Å²) in [5.74, 6) is 0.0894. The first-order chi connectivity index (χ1) is 12.5. The molecule has 0 aromatic heterocycles. The summed E-state index contributed by atoms with van der Waals surface area (Å²) in [4.78, 5) is 40.5. The maximum Gasteiger partial charge on any atom is 0.247 e. The molecule has 1 N–H and O–H groups in total. The molecule has 2 saturated heterocycles. The summed E-state index contributed by atoms with van der Waals surface area (Å²) >= 11 is 6.25. The van der Waals surface area contributed by atoms with Gasteiger partial charge in [-0.3, -0.25) is 14.4 Å². The molecule has 7 heteroatoms. The van der Waals surface area contributed by atoms with E-state index in [-0.39, 0.29) is 23.6 Å². The molecule has 138 valence electrons. The molecule has 1 saturated carbocycles. The van der Waals surface area contributed by atoms with E-state index in [1.165, 1.54) is 0 Å². The Morgan fingerprint density at radius 1 is 1.12 bits per heavy atom. The fourth-order valence-corrected chi connectivity index (χ4v) is 3.95. The third-order valence-electron chi connectivity index (χ3n) is 5.36. The number of carbonyl (C=O) groups is 3. The van der Waals surface area contributed by atoms with Gasteiger partial charge in [0.05, 0.1) is 10.7 Å². The smallest absolute Gasteiger partial charge is 0.247 e. The van der Waals surface area contributed by atoms with Crippen LogP contribution in [0.4, 0.5) is 11.4 Å². The van der Waals surface area contributed by atoms with Crippen LogP contribution < -0.4 is 10.2 Å². The van der Waals surface area contributed by atoms with E-state index in [0.717, 1.165) is 31.4 Å². The highest BCUT2D eigenvalue weighted by atomic mass is 35.5. The number of rotatable bonds is 4. The van der Waals surface area contributed by atoms with Crippen LogP contribution in [0, 0.1) is 5.92 Å². The van der Waals surface area contributed by atoms with Crippen LogP contribution in [0.5, 0.6) is 0 Å². The molecule has 1 aromatic rings. The number of hydrogen-bond donors (Lipinski definition) is 1. The maximum atomic E-state index is 12.8. The molecule has 0 spiro atoms. The third kappa shape index (κ3) is 3.30. The van der Waals surface area contributed by atoms with Crippen molar-refractivity contribution in [1.29, 1.82) is 0 Å². The quantitative estimate of drug-likeness (QED) is 0.879. The molecular formula is C19H22ClN3O3. The molecule has 0 radical (unpaired) electrons. The Morgan fingerprint density at radius 2 is 1.92 bits per heavy atom. The zero-order chi connectivity index (χ0) is 18.3. The molecule has 0 bridgehead atoms. The van der Waals surface area contributed by atoms with Gasteiger partial charge in [0.2, 0.25) is 17.7 Å². The van der Waals surface area contributed by atoms with Gasteiger partial charge >= 0.3 is 0 Å². The summed E-state index contributed by atoms with van der Waals surface area (Å²) in [6, 6.07) is 4.79. The molecule has 2 heterocycles. The van der Waals surface area contributed by atoms with E-state index in [9.17, 15) is 14.4 Å². The highest BCUT2D eigenvalue weighted by Crippen LogP contribution is 2.34. The van der Waals surface area contributed by atoms with E-state index in [2.05, 4.69) is 5.32 Å². The summed E-state index contributed by atoms with van der Waals surface area (Å²) in [5.41, 5.74) is 1.23. The normalized spacial score (nSPS) is 22.8. The number of amides is 3. The van der Waals surface area contributed by atoms with Crippen molar-refractivity contribution in [2.45, 2.75) is 44.6 Å². The highest BCUT2D eigenvalue weighted by molar-refractivity contribution is 6.34. The predicted molar refractivity (Wildman–Crippen MR) is 99.1 cm³/mol. The van der Waals surface area contributed by atoms with Crippen LogP contribution in [-0.2, 0) is 14.4 Å². The Morgan fingerprint density at radius 3 is 2.62 bits per heavy atom. The molecule has 4 rings (SSSR count). The van der Waals surface area contributed by atoms with Crippen LogP contribution in [0.1, 0.15) is 38.5 Å². The Balaban J connectivity index is 1.50. The van der Waals surface area contributed by atoms with E-state index in [1.807, 2.05) is 0 Å². The number of carbonyl (C=O) groups excluding carboxylic acids is 3. The van der Waals surface area contributed by atoms with Gasteiger partial charge in [-0.15, -0.1) is 0 Å². The summed E-state index contributed by atoms with van der Waals surface area (Å²) in [5, 5.41) is 3.30. The minimum absolute atomic E-state index is 0.0848. The van der Waals surface area contributed by atoms with Gasteiger partial charge in [0.15, 0.2) is 0 Å². The number of nitrogens with zero attached hydrogens (tertiary/aromatic N) is 2. The lowest BCUT2D eigenvalue weighted by atomic mass is 10.2. The lowest BCUT2D eigenvalue weighted by Crippen LogP contribution is -2.43. The number of hydrogen-bond acceptors (Lipinski definition) is 3. The van der Waals surface area contributed by atoms with Gasteiger partial charge in [0.1, 0.15) is 6.04 Å². The van der Waals surface area contributed by atoms with Crippen LogP contribution in [-0.4, -0.2) is 41.8 Å². The number of halogens is 1. The van der Waals surface area contributed by atoms with E-state index in [4.69, 9.17) is 11.6 Å². The fourth-order valence-electron chi connectivity index (χ4n) is 3.78. The lowest BCUT2D eigenvalue weighted by molar-refractivity contribution is -0.137. The first kappa shape index (κ1) is 17.3. The van der Waals surface area contributed by atoms with Crippen molar-refractivity contribution in [3.05, 3.63) is 23.2 Å². The van der Waals surface area contributed by atoms with Gasteiger partial charge in [0.25, 0.3) is 0 Å². The van der Waals surface area contributed by atoms with Crippen LogP contribution in [0.15, 0.2) is 18.2 Å². The number of nitrogens with one attached hydrogen (secondary N) is 1. The first-order valence-corrected chi connectivity index (χ1v) is 9.63. The van der Waals surface area contributed by atoms with E-state index in [0.29, 0.717) is 36.6 Å². The second-order valence-corrected chi connectivity index (χ2v) is 7.67. The Kier molecular flexibility index (Phi) is 4.61. The molecule has 1 aliphatic carbocycles. The minimum Gasteiger partial charge on any atom is -0.330 e. The van der Waals surface area contributed by atoms with Crippen molar-refractivity contribution in [2.75, 3.05) is 23.3 Å². The Bertz CT molecular complexity index is 762. The van der Waals surface area contributed by atoms with Crippen molar-refractivity contribution in [3.63, 3.8) is 0 Å². The second-order valence-electron chi connectivity index (χ2n) is 7.27. The largest absolute Gasteiger partial charge is 0.330 e. The van der Waals surface area contributed by atoms with Gasteiger partial charge in [-0.05, 0) is 50.3 Å². The van der Waals surface area contributed by atoms with Crippen molar-refractivity contribution in [2.24, 2.45) is 5.92 Å². The Hall–Kier alpha value is -2.08. The van der Waals surface area contributed by atoms with E-state index in [1.54, 1.807) is 28.0 Å². The van der Waals surface area contributed by atoms with Crippen LogP contribution in [0.3, 0.4) is 0 Å². The molecule has 2 aliphatic heterocycles. The van der Waals surface area contributed by atoms with Crippen LogP contribution in [0.2, 0.25) is 5.02 Å². The zero-order valence-electron chi connectivity index (χ0n) is 14.5. The Labute approximate surface area is 157 Å². The SMILES string of the molecule is O=C(Nc1cc(N2CCCC2=O)ccc1Cl)C1CCCN1C(=O)C1CC1. The summed E-state index contributed by atoms with van der Waals surface area (Å²) < 4.78 is 0. The molecule has 3 aliphatic rings. The van der Waals surface area contributed by atoms with E-state index >= 15 is 0 Å². The molecule has 1 aromatic carbocycles. The van der Waals surface area contributed by atoms with Crippen molar-refractivity contribution in [1.82, 2.24) is 4.90 Å². The topological polar surface area (TPSA) is 69.7 Å². The van der Waals surface area contributed by atoms with E-state index < -0.39 is 6.04 Å². The van der Waals surface area contributed by atoms with Gasteiger partial charge in [0, 0.05) is 31.1 Å². The summed E-state index contributed by atoms with van der Waals surface area (Å²) in [7, 11) is 0. The average Bonchev–Trinajstić information content (AvgIpc) is 3.20. The average molecular weight is 376 g/mol. The molecular weight excluding hydrogens is 354 g/mol. The van der Waals surface area contributed by atoms with Crippen molar-refractivity contribution < 1.29 is 14.4 Å². The van der Waals surface area contributed by atoms with Gasteiger partial charge < -0.3 is 15.1 Å². The molecule has 3 fully saturated rings. The third-order valence-corrected chi connectivity index (χ3v) is 5.69. The van der Waals surface area contributed by atoms with Crippen molar-refractivity contribution >= 4 is 40.7 Å². The van der Waals surface area contributed by atoms with Gasteiger partial charge in [-0.2, -0.15) is 0 Å². The summed E-state index contributed by atoms with van der Waals surface area (Å²) in [6.45, 7) is 1.32. The number of likely N-dealkylation sites (tertiary alicyclic amines) is 1. The number of benzene rings is 1. The van der Waals surface area contributed by atoms with Crippen LogP contribution >= 0.6 is 11.6 Å². The van der Waals surface area contributed by atoms with Gasteiger partial charge in [-0.1, -0.05) is 11.6 Å². The zero-order valence-corrected chi connectivity index (χ0v) is 15.3. The molecule has 1 atom stereocenters. The highest BCUT2D eigenvalue weighted by Gasteiger charge is 2.41. The molecule has 6 nitrogen and oxygen atoms in total. The number of anilines is 2. The monoisotopic (exact) mass is 375 g/mol. The maximum absolute atomic E-state index is 12.8. The first-order valence-electron chi connectivity index (χ1n) is 9.26. The minimum atomic E-state index is -0.434. The second kappa shape index (κ2) is 6.91. The van der Waals surface area contributed by atoms with Gasteiger partial charge in [-0.25, -0.2) is 0 Å². The molecule has 26 heavy (non-hydrogen) atoms. The fraction of sp³-hybridized carbons (Fsp3) is 0.526. The van der Waals surface area contributed by atoms with Crippen LogP contribution in [0.25, 0.3) is 0 Å². The van der Waals surface area contributed by atoms with Crippen molar-refractivity contribution in [3.8, 4) is 0 Å². The lowest BCUT2D eigenvalue weighted by Gasteiger charge is -2.24. The predicted octanol–water partition coefficient (Wildman–Crippen LogP) is 2.81.